The number of hydrogen-bond acceptors (Lipinski definition) is 6. The number of para-hydroxylation sites is 1. The molecule has 1 unspecified atom stereocenters. The van der Waals surface area contributed by atoms with Crippen LogP contribution in [0.15, 0.2) is 64.4 Å². The van der Waals surface area contributed by atoms with Crippen molar-refractivity contribution in [3.8, 4) is 0 Å². The SMILES string of the molecule is CC1CCN(S(=O)(=O)c2ccc(S(=O)(=O)N(CC(=O)Nc3ccccc3)CC3CCCO3)cc2)CC1. The van der Waals surface area contributed by atoms with Crippen molar-refractivity contribution in [3.05, 3.63) is 54.6 Å². The summed E-state index contributed by atoms with van der Waals surface area (Å²) in [7, 11) is -7.79. The van der Waals surface area contributed by atoms with E-state index in [9.17, 15) is 21.6 Å². The normalized spacial score (nSPS) is 20.0. The minimum Gasteiger partial charge on any atom is -0.377 e. The van der Waals surface area contributed by atoms with Crippen LogP contribution in [-0.2, 0) is 29.6 Å². The van der Waals surface area contributed by atoms with E-state index in [0.717, 1.165) is 23.6 Å². The van der Waals surface area contributed by atoms with E-state index in [0.29, 0.717) is 37.7 Å². The van der Waals surface area contributed by atoms with Crippen LogP contribution >= 0.6 is 0 Å². The van der Waals surface area contributed by atoms with E-state index in [4.69, 9.17) is 4.74 Å². The molecule has 36 heavy (non-hydrogen) atoms. The van der Waals surface area contributed by atoms with Crippen molar-refractivity contribution in [1.82, 2.24) is 8.61 Å². The second-order valence-corrected chi connectivity index (χ2v) is 13.3. The molecule has 2 aliphatic heterocycles. The van der Waals surface area contributed by atoms with Crippen molar-refractivity contribution in [2.75, 3.05) is 38.1 Å². The van der Waals surface area contributed by atoms with E-state index < -0.39 is 26.0 Å². The summed E-state index contributed by atoms with van der Waals surface area (Å²) in [6, 6.07) is 14.1. The van der Waals surface area contributed by atoms with Crippen LogP contribution in [-0.4, -0.2) is 70.2 Å². The maximum atomic E-state index is 13.5. The van der Waals surface area contributed by atoms with E-state index in [2.05, 4.69) is 12.2 Å². The molecule has 2 aliphatic rings. The van der Waals surface area contributed by atoms with Gasteiger partial charge in [-0.2, -0.15) is 8.61 Å². The summed E-state index contributed by atoms with van der Waals surface area (Å²) in [4.78, 5) is 12.7. The van der Waals surface area contributed by atoms with Gasteiger partial charge in [0.1, 0.15) is 0 Å². The number of carbonyl (C=O) groups excluding carboxylic acids is 1. The number of nitrogens with zero attached hydrogens (tertiary/aromatic N) is 2. The first kappa shape index (κ1) is 26.7. The lowest BCUT2D eigenvalue weighted by Gasteiger charge is -2.29. The molecule has 2 aromatic carbocycles. The molecule has 1 N–H and O–H groups in total. The first-order valence-electron chi connectivity index (χ1n) is 12.2. The van der Waals surface area contributed by atoms with E-state index in [1.54, 1.807) is 24.3 Å². The lowest BCUT2D eigenvalue weighted by Crippen LogP contribution is -2.42. The lowest BCUT2D eigenvalue weighted by molar-refractivity contribution is -0.116. The Bertz CT molecular complexity index is 1240. The fourth-order valence-corrected chi connectivity index (χ4v) is 7.35. The van der Waals surface area contributed by atoms with E-state index in [1.165, 1.54) is 28.6 Å². The first-order valence-corrected chi connectivity index (χ1v) is 15.1. The van der Waals surface area contributed by atoms with Crippen molar-refractivity contribution in [2.45, 2.75) is 48.5 Å². The molecular weight excluding hydrogens is 502 g/mol. The molecular formula is C25H33N3O6S2. The van der Waals surface area contributed by atoms with Gasteiger partial charge in [-0.05, 0) is 68.0 Å². The number of rotatable bonds is 9. The molecule has 0 aliphatic carbocycles. The Labute approximate surface area is 213 Å². The van der Waals surface area contributed by atoms with E-state index >= 15 is 0 Å². The number of nitrogens with one attached hydrogen (secondary N) is 1. The topological polar surface area (TPSA) is 113 Å². The summed E-state index contributed by atoms with van der Waals surface area (Å²) >= 11 is 0. The number of amides is 1. The molecule has 11 heteroatoms. The predicted molar refractivity (Wildman–Crippen MR) is 136 cm³/mol. The zero-order valence-corrected chi connectivity index (χ0v) is 22.0. The zero-order chi connectivity index (χ0) is 25.8. The van der Waals surface area contributed by atoms with Gasteiger partial charge in [-0.3, -0.25) is 4.79 Å². The number of anilines is 1. The van der Waals surface area contributed by atoms with Gasteiger partial charge in [-0.1, -0.05) is 25.1 Å². The molecule has 0 spiro atoms. The Morgan fingerprint density at radius 2 is 1.61 bits per heavy atom. The molecule has 0 radical (unpaired) electrons. The van der Waals surface area contributed by atoms with Crippen LogP contribution in [0.2, 0.25) is 0 Å². The largest absolute Gasteiger partial charge is 0.377 e. The third-order valence-electron chi connectivity index (χ3n) is 6.65. The summed E-state index contributed by atoms with van der Waals surface area (Å²) in [6.07, 6.45) is 2.84. The quantitative estimate of drug-likeness (QED) is 0.528. The summed E-state index contributed by atoms with van der Waals surface area (Å²) in [5.41, 5.74) is 0.568. The summed E-state index contributed by atoms with van der Waals surface area (Å²) in [5.74, 6) is 0.0131. The van der Waals surface area contributed by atoms with Gasteiger partial charge in [0.15, 0.2) is 0 Å². The van der Waals surface area contributed by atoms with Crippen molar-refractivity contribution in [3.63, 3.8) is 0 Å². The number of benzene rings is 2. The Kier molecular flexibility index (Phi) is 8.46. The minimum atomic E-state index is -4.09. The smallest absolute Gasteiger partial charge is 0.243 e. The van der Waals surface area contributed by atoms with Gasteiger partial charge in [-0.25, -0.2) is 16.8 Å². The monoisotopic (exact) mass is 535 g/mol. The molecule has 0 bridgehead atoms. The van der Waals surface area contributed by atoms with E-state index in [1.807, 2.05) is 6.07 Å². The number of hydrogen-bond donors (Lipinski definition) is 1. The number of ether oxygens (including phenoxy) is 1. The predicted octanol–water partition coefficient (Wildman–Crippen LogP) is 2.92. The first-order chi connectivity index (χ1) is 17.2. The molecule has 1 amide bonds. The highest BCUT2D eigenvalue weighted by Crippen LogP contribution is 2.26. The van der Waals surface area contributed by atoms with Gasteiger partial charge < -0.3 is 10.1 Å². The molecule has 2 fully saturated rings. The maximum absolute atomic E-state index is 13.5. The van der Waals surface area contributed by atoms with Gasteiger partial charge in [-0.15, -0.1) is 0 Å². The fourth-order valence-electron chi connectivity index (χ4n) is 4.45. The molecule has 196 valence electrons. The van der Waals surface area contributed by atoms with Crippen LogP contribution < -0.4 is 5.32 Å². The summed E-state index contributed by atoms with van der Waals surface area (Å²) < 4.78 is 61.3. The van der Waals surface area contributed by atoms with Gasteiger partial charge >= 0.3 is 0 Å². The molecule has 4 rings (SSSR count). The van der Waals surface area contributed by atoms with Crippen molar-refractivity contribution in [2.24, 2.45) is 5.92 Å². The van der Waals surface area contributed by atoms with Crippen LogP contribution in [0.5, 0.6) is 0 Å². The third-order valence-corrected chi connectivity index (χ3v) is 10.4. The van der Waals surface area contributed by atoms with Gasteiger partial charge in [0.25, 0.3) is 0 Å². The number of sulfonamides is 2. The molecule has 2 heterocycles. The molecule has 9 nitrogen and oxygen atoms in total. The molecule has 0 aromatic heterocycles. The average molecular weight is 536 g/mol. The highest BCUT2D eigenvalue weighted by atomic mass is 32.2. The zero-order valence-electron chi connectivity index (χ0n) is 20.4. The van der Waals surface area contributed by atoms with Crippen LogP contribution in [0.1, 0.15) is 32.6 Å². The van der Waals surface area contributed by atoms with Gasteiger partial charge in [0, 0.05) is 31.9 Å². The van der Waals surface area contributed by atoms with Gasteiger partial charge in [0.05, 0.1) is 22.4 Å². The van der Waals surface area contributed by atoms with Crippen molar-refractivity contribution in [1.29, 1.82) is 0 Å². The summed E-state index contributed by atoms with van der Waals surface area (Å²) in [6.45, 7) is 3.22. The molecule has 0 saturated carbocycles. The molecule has 2 aromatic rings. The Hall–Kier alpha value is -2.31. The number of piperidine rings is 1. The minimum absolute atomic E-state index is 0.0382. The molecule has 1 atom stereocenters. The second kappa shape index (κ2) is 11.4. The Morgan fingerprint density at radius 3 is 2.22 bits per heavy atom. The van der Waals surface area contributed by atoms with Crippen LogP contribution in [0.3, 0.4) is 0 Å². The third kappa shape index (κ3) is 6.33. The van der Waals surface area contributed by atoms with Crippen LogP contribution in [0.25, 0.3) is 0 Å². The van der Waals surface area contributed by atoms with Crippen LogP contribution in [0.4, 0.5) is 5.69 Å². The van der Waals surface area contributed by atoms with Crippen LogP contribution in [0, 0.1) is 5.92 Å². The Morgan fingerprint density at radius 1 is 0.972 bits per heavy atom. The van der Waals surface area contributed by atoms with Gasteiger partial charge in [0.2, 0.25) is 26.0 Å². The highest BCUT2D eigenvalue weighted by molar-refractivity contribution is 7.89. The average Bonchev–Trinajstić information content (AvgIpc) is 3.38. The summed E-state index contributed by atoms with van der Waals surface area (Å²) in [5, 5.41) is 2.72. The number of carbonyl (C=O) groups is 1. The van der Waals surface area contributed by atoms with Crippen molar-refractivity contribution < 1.29 is 26.4 Å². The van der Waals surface area contributed by atoms with Crippen molar-refractivity contribution >= 4 is 31.6 Å². The fraction of sp³-hybridized carbons (Fsp3) is 0.480. The van der Waals surface area contributed by atoms with E-state index in [-0.39, 0.29) is 29.0 Å². The highest BCUT2D eigenvalue weighted by Gasteiger charge is 2.32. The lowest BCUT2D eigenvalue weighted by atomic mass is 10.0. The molecule has 2 saturated heterocycles. The maximum Gasteiger partial charge on any atom is 0.243 e. The standard InChI is InChI=1S/C25H33N3O6S2/c1-20-13-15-27(16-14-20)35(30,31)23-9-11-24(12-10-23)36(32,33)28(18-22-8-5-17-34-22)19-25(29)26-21-6-3-2-4-7-21/h2-4,6-7,9-12,20,22H,5,8,13-19H2,1H3,(H,26,29). The second-order valence-electron chi connectivity index (χ2n) is 9.40. The Balaban J connectivity index is 1.53.